The minimum Gasteiger partial charge on any atom is -0.394 e. The molecule has 7 heterocycles. The first-order valence-electron chi connectivity index (χ1n) is 30.2. The number of rotatable bonds is 13. The molecule has 7 saturated heterocycles. The monoisotopic (exact) mass is 1180 g/mol. The first-order chi connectivity index (χ1) is 39.1. The molecule has 0 aromatic rings. The zero-order chi connectivity index (χ0) is 58.5. The van der Waals surface area contributed by atoms with Crippen molar-refractivity contribution in [2.24, 2.45) is 52.3 Å². The summed E-state index contributed by atoms with van der Waals surface area (Å²) in [5, 5.41) is 153. The summed E-state index contributed by atoms with van der Waals surface area (Å²) >= 11 is 0. The average molecular weight is 1180 g/mol. The predicted octanol–water partition coefficient (Wildman–Crippen LogP) is -3.42. The van der Waals surface area contributed by atoms with Gasteiger partial charge in [-0.15, -0.1) is 0 Å². The van der Waals surface area contributed by atoms with Gasteiger partial charge < -0.3 is 128 Å². The lowest BCUT2D eigenvalue weighted by Gasteiger charge is -2.64. The van der Waals surface area contributed by atoms with Gasteiger partial charge in [0.05, 0.1) is 51.8 Å². The topological polar surface area (TPSA) is 394 Å². The van der Waals surface area contributed by atoms with Gasteiger partial charge in [-0.2, -0.15) is 0 Å². The Morgan fingerprint density at radius 3 is 1.65 bits per heavy atom. The first-order valence-corrected chi connectivity index (χ1v) is 30.2. The summed E-state index contributed by atoms with van der Waals surface area (Å²) in [4.78, 5) is 0. The van der Waals surface area contributed by atoms with Crippen LogP contribution in [0.15, 0.2) is 0 Å². The van der Waals surface area contributed by atoms with Crippen LogP contribution in [0.2, 0.25) is 0 Å². The zero-order valence-corrected chi connectivity index (χ0v) is 47.2. The number of hydrogen-bond acceptors (Lipinski definition) is 26. The van der Waals surface area contributed by atoms with Crippen molar-refractivity contribution in [1.82, 2.24) is 0 Å². The molecule has 0 unspecified atom stereocenters. The number of aliphatic hydroxyl groups is 14. The molecule has 7 aliphatic heterocycles. The standard InChI is InChI=1S/C56H92O26/c1-22-9-14-56(73-19-22)23(2)35-31(82-56)8-7-27-26-6-5-24-15-25(10-12-54(24,3)28(26)11-13-55(27,35)4)74-51-44(70)46(39(65)33(17-58)75-51)79-53-48(43(69)45(34(18-59)77-53)78-49-41(67)36(62)29(60)20-71-49)81-52-47(40(66)38(64)32(16-57)76-52)80-50-42(68)37(63)30(61)21-72-50/h22-53,57-70H,5-21H2,1-4H3/t22-,23+,24+,25+,26+,27-,28+,29-,30-,31+,32-,33-,34-,35+,36+,37+,38+,39-,40+,41-,42-,43+,44-,45-,46+,47-,48-,49+,50+,51-,52+,53+,54+,55+,56-/m1/s1. The molecule has 4 aliphatic carbocycles. The molecule has 35 atom stereocenters. The quantitative estimate of drug-likeness (QED) is 0.0799. The molecule has 0 aromatic heterocycles. The maximum atomic E-state index is 12.3. The van der Waals surface area contributed by atoms with Gasteiger partial charge in [-0.3, -0.25) is 0 Å². The molecule has 82 heavy (non-hydrogen) atoms. The van der Waals surface area contributed by atoms with Crippen LogP contribution in [0.4, 0.5) is 0 Å². The van der Waals surface area contributed by atoms with Gasteiger partial charge in [0.15, 0.2) is 37.2 Å². The van der Waals surface area contributed by atoms with Gasteiger partial charge in [-0.25, -0.2) is 0 Å². The van der Waals surface area contributed by atoms with Crippen LogP contribution in [0.3, 0.4) is 0 Å². The van der Waals surface area contributed by atoms with E-state index in [1.165, 1.54) is 0 Å². The van der Waals surface area contributed by atoms with Gasteiger partial charge in [-0.05, 0) is 111 Å². The second kappa shape index (κ2) is 24.7. The normalized spacial score (nSPS) is 57.1. The Hall–Kier alpha value is -1.04. The van der Waals surface area contributed by atoms with Crippen molar-refractivity contribution in [2.75, 3.05) is 39.6 Å². The molecule has 0 amide bonds. The van der Waals surface area contributed by atoms with Crippen LogP contribution >= 0.6 is 0 Å². The van der Waals surface area contributed by atoms with Gasteiger partial charge in [0.25, 0.3) is 0 Å². The molecule has 4 saturated carbocycles. The third-order valence-corrected chi connectivity index (χ3v) is 22.0. The molecule has 11 rings (SSSR count). The van der Waals surface area contributed by atoms with E-state index in [4.69, 9.17) is 56.8 Å². The van der Waals surface area contributed by atoms with Gasteiger partial charge in [0.2, 0.25) is 0 Å². The Morgan fingerprint density at radius 2 is 1.01 bits per heavy atom. The molecule has 11 aliphatic rings. The SMILES string of the molecule is C[C@@H]1CC[C@@]2(OC1)O[C@H]1CC[C@@H]3[C@@H]4CC[C@H]5C[C@@H](O[C@@H]6O[C@H](CO)[C@@H](O)[C@H](O[C@@H]7O[C@H](CO)[C@@H](O[C@@H]8OC[C@@H](O)[C@H](O)[C@H]8O)[C@H](O)[C@H]7O[C@@H]7O[C@H](CO)[C@H](O)[C@H](O)[C@H]7O[C@@H]7OC[C@@H](O)[C@H](O)[C@H]7O)[C@H]6O)CC[C@]5(C)[C@H]4CC[C@]3(C)[C@H]1[C@@H]2C. The highest BCUT2D eigenvalue weighted by atomic mass is 16.8. The van der Waals surface area contributed by atoms with Gasteiger partial charge >= 0.3 is 0 Å². The second-order valence-corrected chi connectivity index (χ2v) is 26.6. The van der Waals surface area contributed by atoms with Gasteiger partial charge in [-0.1, -0.05) is 27.7 Å². The lowest BCUT2D eigenvalue weighted by atomic mass is 9.41. The van der Waals surface area contributed by atoms with Crippen molar-refractivity contribution in [1.29, 1.82) is 0 Å². The second-order valence-electron chi connectivity index (χ2n) is 26.6. The van der Waals surface area contributed by atoms with Crippen molar-refractivity contribution in [3.8, 4) is 0 Å². The molecule has 14 N–H and O–H groups in total. The highest BCUT2D eigenvalue weighted by Crippen LogP contribution is 2.70. The molecule has 26 heteroatoms. The predicted molar refractivity (Wildman–Crippen MR) is 273 cm³/mol. The van der Waals surface area contributed by atoms with E-state index >= 15 is 0 Å². The minimum absolute atomic E-state index is 0.0375. The average Bonchev–Trinajstić information content (AvgIpc) is 2.18. The largest absolute Gasteiger partial charge is 0.394 e. The Labute approximate surface area is 476 Å². The summed E-state index contributed by atoms with van der Waals surface area (Å²) in [7, 11) is 0. The zero-order valence-electron chi connectivity index (χ0n) is 47.2. The fourth-order valence-corrected chi connectivity index (χ4v) is 17.3. The molecule has 0 radical (unpaired) electrons. The minimum atomic E-state index is -2.09. The van der Waals surface area contributed by atoms with E-state index in [0.29, 0.717) is 54.3 Å². The third-order valence-electron chi connectivity index (χ3n) is 22.0. The maximum absolute atomic E-state index is 12.3. The van der Waals surface area contributed by atoms with Crippen molar-refractivity contribution >= 4 is 0 Å². The van der Waals surface area contributed by atoms with Crippen molar-refractivity contribution in [2.45, 2.75) is 258 Å². The molecule has 11 fully saturated rings. The number of hydrogen-bond donors (Lipinski definition) is 14. The van der Waals surface area contributed by atoms with Gasteiger partial charge in [0, 0.05) is 12.3 Å². The third kappa shape index (κ3) is 11.1. The van der Waals surface area contributed by atoms with Crippen LogP contribution in [0.5, 0.6) is 0 Å². The molecule has 472 valence electrons. The maximum Gasteiger partial charge on any atom is 0.187 e. The Balaban J connectivity index is 0.806. The van der Waals surface area contributed by atoms with E-state index in [9.17, 15) is 71.5 Å². The van der Waals surface area contributed by atoms with Crippen LogP contribution in [-0.2, 0) is 56.8 Å². The van der Waals surface area contributed by atoms with Crippen LogP contribution in [0, 0.1) is 52.3 Å². The number of ether oxygens (including phenoxy) is 12. The van der Waals surface area contributed by atoms with E-state index < -0.39 is 186 Å². The van der Waals surface area contributed by atoms with Crippen molar-refractivity contribution in [3.05, 3.63) is 0 Å². The lowest BCUT2D eigenvalue weighted by molar-refractivity contribution is -0.409. The molecule has 26 nitrogen and oxygen atoms in total. The van der Waals surface area contributed by atoms with Crippen molar-refractivity contribution < 1.29 is 128 Å². The summed E-state index contributed by atoms with van der Waals surface area (Å²) in [6, 6.07) is 0. The smallest absolute Gasteiger partial charge is 0.187 e. The summed E-state index contributed by atoms with van der Waals surface area (Å²) in [5.41, 5.74) is 0.186. The highest BCUT2D eigenvalue weighted by molar-refractivity contribution is 5.13. The lowest BCUT2D eigenvalue weighted by Crippen LogP contribution is -2.68. The Bertz CT molecular complexity index is 2110. The molecular weight excluding hydrogens is 1090 g/mol. The van der Waals surface area contributed by atoms with Crippen LogP contribution in [-0.4, -0.2) is 270 Å². The number of aliphatic hydroxyl groups excluding tert-OH is 14. The van der Waals surface area contributed by atoms with E-state index in [-0.39, 0.29) is 16.9 Å². The van der Waals surface area contributed by atoms with Crippen molar-refractivity contribution in [3.63, 3.8) is 0 Å². The highest BCUT2D eigenvalue weighted by Gasteiger charge is 2.67. The fraction of sp³-hybridized carbons (Fsp3) is 1.00. The first kappa shape index (κ1) is 62.6. The Morgan fingerprint density at radius 1 is 0.451 bits per heavy atom. The van der Waals surface area contributed by atoms with E-state index in [1.54, 1.807) is 0 Å². The summed E-state index contributed by atoms with van der Waals surface area (Å²) in [5.74, 6) is 2.79. The van der Waals surface area contributed by atoms with E-state index in [0.717, 1.165) is 64.4 Å². The fourth-order valence-electron chi connectivity index (χ4n) is 17.3. The molecular formula is C56H92O26. The van der Waals surface area contributed by atoms with Gasteiger partial charge in [0.1, 0.15) is 110 Å². The molecule has 1 spiro atoms. The summed E-state index contributed by atoms with van der Waals surface area (Å²) in [6.45, 7) is 6.68. The summed E-state index contributed by atoms with van der Waals surface area (Å²) in [6.07, 6.45) is -30.6. The Kier molecular flexibility index (Phi) is 18.9. The number of fused-ring (bicyclic) bond motifs is 7. The van der Waals surface area contributed by atoms with Crippen LogP contribution in [0.1, 0.15) is 98.3 Å². The van der Waals surface area contributed by atoms with E-state index in [1.807, 2.05) is 0 Å². The molecule has 0 bridgehead atoms. The van der Waals surface area contributed by atoms with Crippen LogP contribution < -0.4 is 0 Å². The summed E-state index contributed by atoms with van der Waals surface area (Å²) < 4.78 is 73.7. The van der Waals surface area contributed by atoms with Crippen LogP contribution in [0.25, 0.3) is 0 Å². The molecule has 0 aromatic carbocycles. The van der Waals surface area contributed by atoms with E-state index in [2.05, 4.69) is 27.7 Å².